The van der Waals surface area contributed by atoms with Crippen LogP contribution in [0.25, 0.3) is 0 Å². The highest BCUT2D eigenvalue weighted by atomic mass is 16.5. The van der Waals surface area contributed by atoms with Crippen molar-refractivity contribution in [2.45, 2.75) is 26.0 Å². The first-order valence-electron chi connectivity index (χ1n) is 6.21. The molecule has 0 unspecified atom stereocenters. The largest absolute Gasteiger partial charge is 0.373 e. The lowest BCUT2D eigenvalue weighted by atomic mass is 10.1. The molecule has 4 heteroatoms. The number of primary amides is 1. The van der Waals surface area contributed by atoms with E-state index in [4.69, 9.17) is 10.5 Å². The fourth-order valence-electron chi connectivity index (χ4n) is 2.28. The van der Waals surface area contributed by atoms with Gasteiger partial charge in [-0.05, 0) is 31.5 Å². The number of ether oxygens (including phenoxy) is 1. The van der Waals surface area contributed by atoms with Crippen molar-refractivity contribution in [3.63, 3.8) is 0 Å². The highest BCUT2D eigenvalue weighted by molar-refractivity contribution is 5.92. The predicted octanol–water partition coefficient (Wildman–Crippen LogP) is 1.40. The first-order valence-corrected chi connectivity index (χ1v) is 6.21. The summed E-state index contributed by atoms with van der Waals surface area (Å²) in [6, 6.07) is 7.48. The van der Waals surface area contributed by atoms with Crippen molar-refractivity contribution in [2.24, 2.45) is 5.73 Å². The topological polar surface area (TPSA) is 55.6 Å². The summed E-state index contributed by atoms with van der Waals surface area (Å²) in [4.78, 5) is 13.3. The molecule has 0 aromatic heterocycles. The number of amides is 1. The molecule has 1 saturated heterocycles. The van der Waals surface area contributed by atoms with Gasteiger partial charge in [-0.25, -0.2) is 0 Å². The third-order valence-electron chi connectivity index (χ3n) is 3.15. The number of carbonyl (C=O) groups excluding carboxylic acids is 1. The highest BCUT2D eigenvalue weighted by Crippen LogP contribution is 2.18. The van der Waals surface area contributed by atoms with E-state index in [0.29, 0.717) is 5.56 Å². The van der Waals surface area contributed by atoms with Gasteiger partial charge in [0, 0.05) is 25.2 Å². The molecule has 0 aliphatic carbocycles. The van der Waals surface area contributed by atoms with Crippen LogP contribution in [-0.2, 0) is 11.3 Å². The minimum absolute atomic E-state index is 0.0780. The number of carbonyl (C=O) groups is 1. The second-order valence-corrected chi connectivity index (χ2v) is 5.38. The van der Waals surface area contributed by atoms with Crippen LogP contribution in [-0.4, -0.2) is 36.1 Å². The molecule has 1 aromatic carbocycles. The molecule has 1 aromatic rings. The molecule has 1 fully saturated rings. The van der Waals surface area contributed by atoms with Gasteiger partial charge < -0.3 is 10.5 Å². The average Bonchev–Trinajstić information content (AvgIpc) is 2.28. The molecule has 2 N–H and O–H groups in total. The predicted molar refractivity (Wildman–Crippen MR) is 70.3 cm³/mol. The molecular formula is C14H20N2O2. The molecule has 0 bridgehead atoms. The van der Waals surface area contributed by atoms with E-state index >= 15 is 0 Å². The molecule has 1 aliphatic rings. The fraction of sp³-hybridized carbons (Fsp3) is 0.500. The Hall–Kier alpha value is -1.39. The molecule has 98 valence electrons. The molecule has 0 saturated carbocycles. The highest BCUT2D eigenvalue weighted by Gasteiger charge is 2.26. The van der Waals surface area contributed by atoms with Crippen LogP contribution in [0.3, 0.4) is 0 Å². The maximum Gasteiger partial charge on any atom is 0.248 e. The van der Waals surface area contributed by atoms with Crippen LogP contribution in [0, 0.1) is 0 Å². The van der Waals surface area contributed by atoms with Crippen LogP contribution in [0.15, 0.2) is 24.3 Å². The van der Waals surface area contributed by atoms with Crippen molar-refractivity contribution < 1.29 is 9.53 Å². The van der Waals surface area contributed by atoms with Crippen LogP contribution in [0.5, 0.6) is 0 Å². The van der Waals surface area contributed by atoms with Crippen LogP contribution in [0.1, 0.15) is 29.8 Å². The van der Waals surface area contributed by atoms with Gasteiger partial charge in [0.25, 0.3) is 0 Å². The molecule has 0 atom stereocenters. The van der Waals surface area contributed by atoms with E-state index in [-0.39, 0.29) is 11.5 Å². The Balaban J connectivity index is 1.99. The van der Waals surface area contributed by atoms with Crippen molar-refractivity contribution in [1.29, 1.82) is 0 Å². The third kappa shape index (κ3) is 3.31. The fourth-order valence-corrected chi connectivity index (χ4v) is 2.28. The summed E-state index contributed by atoms with van der Waals surface area (Å²) in [5, 5.41) is 0. The average molecular weight is 248 g/mol. The summed E-state index contributed by atoms with van der Waals surface area (Å²) in [6.45, 7) is 7.73. The standard InChI is InChI=1S/C14H20N2O2/c1-14(2)10-16(7-8-18-14)9-11-3-5-12(6-4-11)13(15)17/h3-6H,7-10H2,1-2H3,(H2,15,17). The first-order chi connectivity index (χ1) is 8.46. The minimum Gasteiger partial charge on any atom is -0.373 e. The lowest BCUT2D eigenvalue weighted by Crippen LogP contribution is -2.47. The zero-order valence-electron chi connectivity index (χ0n) is 11.0. The summed E-state index contributed by atoms with van der Waals surface area (Å²) >= 11 is 0. The number of rotatable bonds is 3. The van der Waals surface area contributed by atoms with Gasteiger partial charge in [0.1, 0.15) is 0 Å². The molecule has 1 heterocycles. The maximum atomic E-state index is 11.0. The summed E-state index contributed by atoms with van der Waals surface area (Å²) < 4.78 is 5.68. The van der Waals surface area contributed by atoms with Crippen LogP contribution in [0.4, 0.5) is 0 Å². The van der Waals surface area contributed by atoms with E-state index in [9.17, 15) is 4.79 Å². The normalized spacial score (nSPS) is 19.7. The molecule has 18 heavy (non-hydrogen) atoms. The molecule has 0 radical (unpaired) electrons. The van der Waals surface area contributed by atoms with Crippen molar-refractivity contribution in [2.75, 3.05) is 19.7 Å². The molecule has 1 aliphatic heterocycles. The number of nitrogens with zero attached hydrogens (tertiary/aromatic N) is 1. The molecular weight excluding hydrogens is 228 g/mol. The van der Waals surface area contributed by atoms with E-state index in [1.54, 1.807) is 12.1 Å². The van der Waals surface area contributed by atoms with Crippen LogP contribution < -0.4 is 5.73 Å². The minimum atomic E-state index is -0.381. The number of nitrogens with two attached hydrogens (primary N) is 1. The third-order valence-corrected chi connectivity index (χ3v) is 3.15. The smallest absolute Gasteiger partial charge is 0.248 e. The van der Waals surface area contributed by atoms with Gasteiger partial charge in [0.15, 0.2) is 0 Å². The van der Waals surface area contributed by atoms with Crippen molar-refractivity contribution in [3.05, 3.63) is 35.4 Å². The summed E-state index contributed by atoms with van der Waals surface area (Å²) in [6.07, 6.45) is 0. The molecule has 4 nitrogen and oxygen atoms in total. The van der Waals surface area contributed by atoms with Crippen molar-refractivity contribution in [1.82, 2.24) is 4.90 Å². The Morgan fingerprint density at radius 2 is 2.06 bits per heavy atom. The Kier molecular flexibility index (Phi) is 3.68. The van der Waals surface area contributed by atoms with Gasteiger partial charge in [0.2, 0.25) is 5.91 Å². The van der Waals surface area contributed by atoms with Gasteiger partial charge in [-0.2, -0.15) is 0 Å². The van der Waals surface area contributed by atoms with Crippen molar-refractivity contribution in [3.8, 4) is 0 Å². The quantitative estimate of drug-likeness (QED) is 0.879. The van der Waals surface area contributed by atoms with E-state index in [1.165, 1.54) is 5.56 Å². The van der Waals surface area contributed by atoms with Gasteiger partial charge in [-0.15, -0.1) is 0 Å². The van der Waals surface area contributed by atoms with E-state index in [2.05, 4.69) is 18.7 Å². The van der Waals surface area contributed by atoms with E-state index < -0.39 is 0 Å². The Bertz CT molecular complexity index is 426. The summed E-state index contributed by atoms with van der Waals surface area (Å²) in [7, 11) is 0. The Labute approximate surface area is 108 Å². The number of morpholine rings is 1. The lowest BCUT2D eigenvalue weighted by Gasteiger charge is -2.38. The van der Waals surface area contributed by atoms with Crippen LogP contribution >= 0.6 is 0 Å². The van der Waals surface area contributed by atoms with Crippen molar-refractivity contribution >= 4 is 5.91 Å². The molecule has 1 amide bonds. The Morgan fingerprint density at radius 1 is 1.39 bits per heavy atom. The molecule has 0 spiro atoms. The van der Waals surface area contributed by atoms with E-state index in [0.717, 1.165) is 26.2 Å². The number of benzene rings is 1. The van der Waals surface area contributed by atoms with Gasteiger partial charge in [-0.1, -0.05) is 12.1 Å². The van der Waals surface area contributed by atoms with E-state index in [1.807, 2.05) is 12.1 Å². The SMILES string of the molecule is CC1(C)CN(Cc2ccc(C(N)=O)cc2)CCO1. The van der Waals surface area contributed by atoms with Gasteiger partial charge in [0.05, 0.1) is 12.2 Å². The van der Waals surface area contributed by atoms with Crippen LogP contribution in [0.2, 0.25) is 0 Å². The zero-order chi connectivity index (χ0) is 13.2. The first kappa shape index (κ1) is 13.1. The number of hydrogen-bond donors (Lipinski definition) is 1. The second-order valence-electron chi connectivity index (χ2n) is 5.38. The monoisotopic (exact) mass is 248 g/mol. The van der Waals surface area contributed by atoms with Gasteiger partial charge in [-0.3, -0.25) is 9.69 Å². The summed E-state index contributed by atoms with van der Waals surface area (Å²) in [5.41, 5.74) is 6.89. The van der Waals surface area contributed by atoms with Gasteiger partial charge >= 0.3 is 0 Å². The summed E-state index contributed by atoms with van der Waals surface area (Å²) in [5.74, 6) is -0.381. The maximum absolute atomic E-state index is 11.0. The number of hydrogen-bond acceptors (Lipinski definition) is 3. The lowest BCUT2D eigenvalue weighted by molar-refractivity contribution is -0.0882. The Morgan fingerprint density at radius 3 is 2.61 bits per heavy atom. The zero-order valence-corrected chi connectivity index (χ0v) is 11.0. The molecule has 2 rings (SSSR count). The second kappa shape index (κ2) is 5.08.